The first-order valence-corrected chi connectivity index (χ1v) is 12.0. The lowest BCUT2D eigenvalue weighted by atomic mass is 9.79. The number of anilines is 3. The summed E-state index contributed by atoms with van der Waals surface area (Å²) in [7, 11) is 0. The first-order chi connectivity index (χ1) is 17.9. The van der Waals surface area contributed by atoms with Crippen molar-refractivity contribution in [3.63, 3.8) is 0 Å². The first kappa shape index (κ1) is 24.4. The van der Waals surface area contributed by atoms with Gasteiger partial charge in [-0.25, -0.2) is 4.98 Å². The molecule has 1 aliphatic carbocycles. The van der Waals surface area contributed by atoms with Crippen molar-refractivity contribution in [3.05, 3.63) is 93.9 Å². The summed E-state index contributed by atoms with van der Waals surface area (Å²) in [6.45, 7) is 0.141. The topological polar surface area (TPSA) is 131 Å². The molecule has 2 aromatic heterocycles. The number of ether oxygens (including phenoxy) is 1. The first-order valence-electron chi connectivity index (χ1n) is 11.6. The minimum atomic E-state index is -1.48. The zero-order chi connectivity index (χ0) is 25.8. The van der Waals surface area contributed by atoms with Gasteiger partial charge < -0.3 is 20.5 Å². The van der Waals surface area contributed by atoms with Crippen LogP contribution in [0.2, 0.25) is 5.02 Å². The Bertz CT molecular complexity index is 1460. The number of aromatic nitrogens is 4. The number of nitrogens with one attached hydrogen (secondary N) is 2. The molecule has 2 heterocycles. The van der Waals surface area contributed by atoms with E-state index in [2.05, 4.69) is 25.8 Å². The molecule has 0 aliphatic heterocycles. The maximum absolute atomic E-state index is 13.3. The summed E-state index contributed by atoms with van der Waals surface area (Å²) in [5, 5.41) is 24.5. The Hall–Kier alpha value is -4.28. The van der Waals surface area contributed by atoms with E-state index < -0.39 is 17.1 Å². The van der Waals surface area contributed by atoms with Gasteiger partial charge in [-0.2, -0.15) is 0 Å². The normalized spacial score (nSPS) is 13.9. The number of carbonyl (C=O) groups is 1. The van der Waals surface area contributed by atoms with Gasteiger partial charge in [0.1, 0.15) is 11.4 Å². The SMILES string of the molecule is O=C(Nc1nnc(Nc2ccc(Oc3ccccn3)cc2)n(Cc2ccc(Cl)cc2)c1=O)C1(O)CCC1. The number of carbonyl (C=O) groups excluding carboxylic acids is 1. The standard InChI is InChI=1S/C26H23ClN6O4/c27-18-7-5-17(6-8-18)16-33-23(34)22(30-24(35)26(36)13-3-14-26)31-32-25(33)29-19-9-11-20(12-10-19)37-21-4-1-2-15-28-21/h1-2,4-12,15,36H,3,13-14,16H2,(H,29,32)(H,30,31,35). The Labute approximate surface area is 216 Å². The van der Waals surface area contributed by atoms with Gasteiger partial charge in [0.15, 0.2) is 0 Å². The summed E-state index contributed by atoms with van der Waals surface area (Å²) in [5.74, 6) is 0.297. The largest absolute Gasteiger partial charge is 0.439 e. The van der Waals surface area contributed by atoms with Gasteiger partial charge in [-0.05, 0) is 67.3 Å². The van der Waals surface area contributed by atoms with E-state index >= 15 is 0 Å². The summed E-state index contributed by atoms with van der Waals surface area (Å²) < 4.78 is 7.07. The number of rotatable bonds is 8. The quantitative estimate of drug-likeness (QED) is 0.317. The van der Waals surface area contributed by atoms with Crippen molar-refractivity contribution in [2.75, 3.05) is 10.6 Å². The minimum absolute atomic E-state index is 0.141. The van der Waals surface area contributed by atoms with Gasteiger partial charge in [0, 0.05) is 23.0 Å². The number of nitrogens with zero attached hydrogens (tertiary/aromatic N) is 4. The lowest BCUT2D eigenvalue weighted by molar-refractivity contribution is -0.142. The average molecular weight is 519 g/mol. The third-order valence-electron chi connectivity index (χ3n) is 6.01. The maximum atomic E-state index is 13.3. The van der Waals surface area contributed by atoms with E-state index in [1.807, 2.05) is 6.07 Å². The number of amides is 1. The second kappa shape index (κ2) is 10.4. The molecule has 37 heavy (non-hydrogen) atoms. The third kappa shape index (κ3) is 5.60. The van der Waals surface area contributed by atoms with Crippen LogP contribution in [0, 0.1) is 0 Å². The molecule has 1 amide bonds. The highest BCUT2D eigenvalue weighted by Crippen LogP contribution is 2.32. The molecule has 10 nitrogen and oxygen atoms in total. The van der Waals surface area contributed by atoms with Crippen LogP contribution in [-0.2, 0) is 11.3 Å². The monoisotopic (exact) mass is 518 g/mol. The van der Waals surface area contributed by atoms with Crippen LogP contribution in [0.3, 0.4) is 0 Å². The molecule has 1 aliphatic rings. The highest BCUT2D eigenvalue weighted by molar-refractivity contribution is 6.30. The van der Waals surface area contributed by atoms with Crippen LogP contribution in [0.15, 0.2) is 77.7 Å². The Morgan fingerprint density at radius 1 is 1.05 bits per heavy atom. The molecule has 188 valence electrons. The second-order valence-electron chi connectivity index (χ2n) is 8.65. The van der Waals surface area contributed by atoms with Crippen molar-refractivity contribution >= 4 is 35.0 Å². The van der Waals surface area contributed by atoms with Crippen molar-refractivity contribution in [3.8, 4) is 11.6 Å². The number of benzene rings is 2. The molecule has 0 bridgehead atoms. The second-order valence-corrected chi connectivity index (χ2v) is 9.09. The van der Waals surface area contributed by atoms with Gasteiger partial charge in [0.2, 0.25) is 17.6 Å². The number of aliphatic hydroxyl groups is 1. The fraction of sp³-hybridized carbons (Fsp3) is 0.192. The number of hydrogen-bond donors (Lipinski definition) is 3. The highest BCUT2D eigenvalue weighted by atomic mass is 35.5. The molecule has 11 heteroatoms. The average Bonchev–Trinajstić information content (AvgIpc) is 2.89. The van der Waals surface area contributed by atoms with Crippen LogP contribution < -0.4 is 20.9 Å². The summed E-state index contributed by atoms with van der Waals surface area (Å²) in [5.41, 5.74) is -0.631. The Morgan fingerprint density at radius 3 is 2.46 bits per heavy atom. The maximum Gasteiger partial charge on any atom is 0.298 e. The Balaban J connectivity index is 1.41. The van der Waals surface area contributed by atoms with Gasteiger partial charge in [0.25, 0.3) is 11.5 Å². The molecule has 4 aromatic rings. The lowest BCUT2D eigenvalue weighted by Gasteiger charge is -2.34. The smallest absolute Gasteiger partial charge is 0.298 e. The van der Waals surface area contributed by atoms with Gasteiger partial charge in [-0.15, -0.1) is 10.2 Å². The summed E-state index contributed by atoms with van der Waals surface area (Å²) >= 11 is 6.00. The third-order valence-corrected chi connectivity index (χ3v) is 6.26. The summed E-state index contributed by atoms with van der Waals surface area (Å²) in [4.78, 5) is 30.0. The van der Waals surface area contributed by atoms with Crippen molar-refractivity contribution in [2.45, 2.75) is 31.4 Å². The predicted molar refractivity (Wildman–Crippen MR) is 138 cm³/mol. The molecule has 3 N–H and O–H groups in total. The minimum Gasteiger partial charge on any atom is -0.439 e. The van der Waals surface area contributed by atoms with Crippen LogP contribution in [0.1, 0.15) is 24.8 Å². The molecule has 2 aromatic carbocycles. The van der Waals surface area contributed by atoms with E-state index in [1.165, 1.54) is 4.57 Å². The summed E-state index contributed by atoms with van der Waals surface area (Å²) in [6, 6.07) is 19.4. The molecule has 0 atom stereocenters. The Kier molecular flexibility index (Phi) is 6.85. The molecular weight excluding hydrogens is 496 g/mol. The van der Waals surface area contributed by atoms with Crippen molar-refractivity contribution in [1.29, 1.82) is 0 Å². The van der Waals surface area contributed by atoms with Crippen molar-refractivity contribution in [2.24, 2.45) is 0 Å². The van der Waals surface area contributed by atoms with Crippen LogP contribution in [-0.4, -0.2) is 36.4 Å². The molecule has 0 saturated heterocycles. The fourth-order valence-corrected chi connectivity index (χ4v) is 3.86. The van der Waals surface area contributed by atoms with E-state index in [0.29, 0.717) is 35.2 Å². The highest BCUT2D eigenvalue weighted by Gasteiger charge is 2.42. The van der Waals surface area contributed by atoms with Gasteiger partial charge in [-0.3, -0.25) is 14.2 Å². The Morgan fingerprint density at radius 2 is 1.81 bits per heavy atom. The molecule has 0 spiro atoms. The van der Waals surface area contributed by atoms with Gasteiger partial charge in [0.05, 0.1) is 6.54 Å². The number of pyridine rings is 1. The van der Waals surface area contributed by atoms with Crippen LogP contribution in [0.5, 0.6) is 11.6 Å². The van der Waals surface area contributed by atoms with Crippen molar-refractivity contribution in [1.82, 2.24) is 19.7 Å². The molecule has 0 unspecified atom stereocenters. The molecule has 5 rings (SSSR count). The zero-order valence-electron chi connectivity index (χ0n) is 19.6. The number of halogens is 1. The van der Waals surface area contributed by atoms with Crippen LogP contribution >= 0.6 is 11.6 Å². The lowest BCUT2D eigenvalue weighted by Crippen LogP contribution is -2.49. The summed E-state index contributed by atoms with van der Waals surface area (Å²) in [6.07, 6.45) is 3.06. The van der Waals surface area contributed by atoms with Crippen LogP contribution in [0.4, 0.5) is 17.5 Å². The van der Waals surface area contributed by atoms with Gasteiger partial charge >= 0.3 is 0 Å². The number of hydrogen-bond acceptors (Lipinski definition) is 8. The molecule has 0 radical (unpaired) electrons. The van der Waals surface area contributed by atoms with E-state index in [-0.39, 0.29) is 18.3 Å². The fourth-order valence-electron chi connectivity index (χ4n) is 3.73. The predicted octanol–water partition coefficient (Wildman–Crippen LogP) is 4.12. The zero-order valence-corrected chi connectivity index (χ0v) is 20.4. The van der Waals surface area contributed by atoms with E-state index in [4.69, 9.17) is 16.3 Å². The molecule has 1 saturated carbocycles. The van der Waals surface area contributed by atoms with E-state index in [1.54, 1.807) is 66.9 Å². The molecular formula is C26H23ClN6O4. The van der Waals surface area contributed by atoms with Crippen LogP contribution in [0.25, 0.3) is 0 Å². The van der Waals surface area contributed by atoms with E-state index in [9.17, 15) is 14.7 Å². The van der Waals surface area contributed by atoms with Gasteiger partial charge in [-0.1, -0.05) is 29.8 Å². The molecule has 1 fully saturated rings. The van der Waals surface area contributed by atoms with Crippen molar-refractivity contribution < 1.29 is 14.6 Å². The van der Waals surface area contributed by atoms with E-state index in [0.717, 1.165) is 12.0 Å².